The molecule has 1 aliphatic heterocycles. The Morgan fingerprint density at radius 1 is 1.42 bits per heavy atom. The van der Waals surface area contributed by atoms with Crippen molar-refractivity contribution in [2.75, 3.05) is 13.1 Å². The maximum Gasteiger partial charge on any atom is 0.407 e. The van der Waals surface area contributed by atoms with Crippen LogP contribution in [0.25, 0.3) is 5.57 Å². The monoisotopic (exact) mass is 264 g/mol. The van der Waals surface area contributed by atoms with E-state index in [9.17, 15) is 20.0 Å². The Hall–Kier alpha value is -2.57. The molecule has 0 radical (unpaired) electrons. The van der Waals surface area contributed by atoms with Crippen molar-refractivity contribution in [2.45, 2.75) is 6.42 Å². The molecule has 0 atom stereocenters. The Morgan fingerprint density at radius 2 is 2.16 bits per heavy atom. The summed E-state index contributed by atoms with van der Waals surface area (Å²) in [5.41, 5.74) is 1.13. The van der Waals surface area contributed by atoms with Crippen molar-refractivity contribution < 1.29 is 19.9 Å². The maximum absolute atomic E-state index is 10.8. The predicted molar refractivity (Wildman–Crippen MR) is 67.0 cm³/mol. The van der Waals surface area contributed by atoms with Gasteiger partial charge in [0.05, 0.1) is 4.92 Å². The molecule has 0 unspecified atom stereocenters. The quantitative estimate of drug-likeness (QED) is 0.628. The van der Waals surface area contributed by atoms with Gasteiger partial charge in [-0.05, 0) is 23.6 Å². The van der Waals surface area contributed by atoms with Crippen LogP contribution in [-0.2, 0) is 0 Å². The fraction of sp³-hybridized carbons (Fsp3) is 0.250. The van der Waals surface area contributed by atoms with Crippen LogP contribution in [0.5, 0.6) is 5.75 Å². The molecule has 7 heteroatoms. The fourth-order valence-corrected chi connectivity index (χ4v) is 1.97. The van der Waals surface area contributed by atoms with Crippen LogP contribution >= 0.6 is 0 Å². The molecule has 1 aromatic rings. The molecule has 0 saturated heterocycles. The van der Waals surface area contributed by atoms with E-state index in [2.05, 4.69) is 0 Å². The highest BCUT2D eigenvalue weighted by atomic mass is 16.6. The number of nitrogens with zero attached hydrogens (tertiary/aromatic N) is 2. The van der Waals surface area contributed by atoms with Gasteiger partial charge in [0.1, 0.15) is 0 Å². The number of carbonyl (C=O) groups is 1. The molecular weight excluding hydrogens is 252 g/mol. The minimum atomic E-state index is -0.980. The number of phenols is 1. The van der Waals surface area contributed by atoms with E-state index in [1.807, 2.05) is 0 Å². The molecule has 1 heterocycles. The van der Waals surface area contributed by atoms with Crippen molar-refractivity contribution in [3.05, 3.63) is 40.0 Å². The predicted octanol–water partition coefficient (Wildman–Crippen LogP) is 2.07. The number of hydrogen-bond acceptors (Lipinski definition) is 4. The van der Waals surface area contributed by atoms with Gasteiger partial charge in [-0.1, -0.05) is 12.1 Å². The highest BCUT2D eigenvalue weighted by Crippen LogP contribution is 2.31. The Labute approximate surface area is 108 Å². The summed E-state index contributed by atoms with van der Waals surface area (Å²) in [4.78, 5) is 22.1. The van der Waals surface area contributed by atoms with Crippen molar-refractivity contribution in [1.29, 1.82) is 0 Å². The summed E-state index contributed by atoms with van der Waals surface area (Å²) in [5.74, 6) is -0.377. The van der Waals surface area contributed by atoms with Crippen LogP contribution in [0.2, 0.25) is 0 Å². The molecule has 2 N–H and O–H groups in total. The van der Waals surface area contributed by atoms with Gasteiger partial charge in [-0.3, -0.25) is 10.1 Å². The van der Waals surface area contributed by atoms with Crippen LogP contribution in [0, 0.1) is 10.1 Å². The number of rotatable bonds is 2. The van der Waals surface area contributed by atoms with Gasteiger partial charge in [0.2, 0.25) is 0 Å². The molecule has 0 bridgehead atoms. The molecular formula is C12H12N2O5. The lowest BCUT2D eigenvalue weighted by Crippen LogP contribution is -2.33. The standard InChI is InChI=1S/C12H12N2O5/c15-11-2-1-9(7-10(11)14(18)19)8-3-5-13(6-4-8)12(16)17/h1-3,7,15H,4-6H2,(H,16,17). The minimum absolute atomic E-state index is 0.263. The first-order valence-corrected chi connectivity index (χ1v) is 5.63. The molecule has 1 aromatic carbocycles. The number of phenolic OH excluding ortho intramolecular Hbond substituents is 1. The highest BCUT2D eigenvalue weighted by molar-refractivity contribution is 5.73. The number of hydrogen-bond donors (Lipinski definition) is 2. The van der Waals surface area contributed by atoms with Gasteiger partial charge in [-0.2, -0.15) is 0 Å². The lowest BCUT2D eigenvalue weighted by atomic mass is 9.99. The van der Waals surface area contributed by atoms with Crippen LogP contribution in [0.1, 0.15) is 12.0 Å². The molecule has 1 aliphatic rings. The second-order valence-electron chi connectivity index (χ2n) is 4.17. The van der Waals surface area contributed by atoms with E-state index in [0.717, 1.165) is 5.57 Å². The maximum atomic E-state index is 10.8. The van der Waals surface area contributed by atoms with Gasteiger partial charge in [0.15, 0.2) is 5.75 Å². The summed E-state index contributed by atoms with van der Waals surface area (Å²) >= 11 is 0. The molecule has 0 fully saturated rings. The van der Waals surface area contributed by atoms with Gasteiger partial charge >= 0.3 is 11.8 Å². The summed E-state index contributed by atoms with van der Waals surface area (Å²) in [7, 11) is 0. The molecule has 0 aromatic heterocycles. The van der Waals surface area contributed by atoms with E-state index in [-0.39, 0.29) is 18.0 Å². The average Bonchev–Trinajstić information content (AvgIpc) is 2.39. The van der Waals surface area contributed by atoms with Crippen molar-refractivity contribution in [3.8, 4) is 5.75 Å². The van der Waals surface area contributed by atoms with Crippen LogP contribution in [0.3, 0.4) is 0 Å². The van der Waals surface area contributed by atoms with Gasteiger partial charge < -0.3 is 15.1 Å². The van der Waals surface area contributed by atoms with Crippen LogP contribution in [0.4, 0.5) is 10.5 Å². The van der Waals surface area contributed by atoms with E-state index < -0.39 is 11.0 Å². The lowest BCUT2D eigenvalue weighted by Gasteiger charge is -2.23. The lowest BCUT2D eigenvalue weighted by molar-refractivity contribution is -0.385. The second kappa shape index (κ2) is 4.97. The molecule has 0 spiro atoms. The molecule has 7 nitrogen and oxygen atoms in total. The van der Waals surface area contributed by atoms with Gasteiger partial charge in [0, 0.05) is 19.2 Å². The third-order valence-electron chi connectivity index (χ3n) is 3.02. The molecule has 0 saturated carbocycles. The normalized spacial score (nSPS) is 14.9. The zero-order valence-corrected chi connectivity index (χ0v) is 9.94. The number of nitro groups is 1. The Kier molecular flexibility index (Phi) is 3.37. The molecule has 2 rings (SSSR count). The van der Waals surface area contributed by atoms with Crippen LogP contribution in [0.15, 0.2) is 24.3 Å². The third-order valence-corrected chi connectivity index (χ3v) is 3.02. The number of amides is 1. The van der Waals surface area contributed by atoms with Crippen LogP contribution in [-0.4, -0.2) is 39.2 Å². The van der Waals surface area contributed by atoms with Crippen molar-refractivity contribution in [3.63, 3.8) is 0 Å². The third kappa shape index (κ3) is 2.65. The van der Waals surface area contributed by atoms with E-state index in [0.29, 0.717) is 18.5 Å². The van der Waals surface area contributed by atoms with E-state index in [4.69, 9.17) is 5.11 Å². The molecule has 19 heavy (non-hydrogen) atoms. The Balaban J connectivity index is 2.26. The summed E-state index contributed by atoms with van der Waals surface area (Å²) in [6, 6.07) is 4.17. The van der Waals surface area contributed by atoms with Crippen LogP contribution < -0.4 is 0 Å². The summed E-state index contributed by atoms with van der Waals surface area (Å²) in [6.07, 6.45) is 1.24. The Morgan fingerprint density at radius 3 is 2.68 bits per heavy atom. The summed E-state index contributed by atoms with van der Waals surface area (Å²) < 4.78 is 0. The largest absolute Gasteiger partial charge is 0.502 e. The molecule has 1 amide bonds. The van der Waals surface area contributed by atoms with Crippen molar-refractivity contribution >= 4 is 17.4 Å². The molecule has 100 valence electrons. The van der Waals surface area contributed by atoms with Gasteiger partial charge in [-0.25, -0.2) is 4.79 Å². The zero-order chi connectivity index (χ0) is 14.0. The first kappa shape index (κ1) is 12.9. The zero-order valence-electron chi connectivity index (χ0n) is 9.94. The molecule has 0 aliphatic carbocycles. The Bertz CT molecular complexity index is 567. The minimum Gasteiger partial charge on any atom is -0.502 e. The number of carboxylic acid groups (broad SMARTS) is 1. The first-order chi connectivity index (χ1) is 8.99. The van der Waals surface area contributed by atoms with E-state index in [1.165, 1.54) is 17.0 Å². The van der Waals surface area contributed by atoms with E-state index >= 15 is 0 Å². The van der Waals surface area contributed by atoms with E-state index in [1.54, 1.807) is 12.1 Å². The van der Waals surface area contributed by atoms with Gasteiger partial charge in [0.25, 0.3) is 0 Å². The number of nitro benzene ring substituents is 1. The fourth-order valence-electron chi connectivity index (χ4n) is 1.97. The topological polar surface area (TPSA) is 104 Å². The number of aromatic hydroxyl groups is 1. The van der Waals surface area contributed by atoms with Crippen molar-refractivity contribution in [2.24, 2.45) is 0 Å². The smallest absolute Gasteiger partial charge is 0.407 e. The van der Waals surface area contributed by atoms with Gasteiger partial charge in [-0.15, -0.1) is 0 Å². The average molecular weight is 264 g/mol. The SMILES string of the molecule is O=C(O)N1CC=C(c2ccc(O)c([N+](=O)[O-])c2)CC1. The first-order valence-electron chi connectivity index (χ1n) is 5.63. The summed E-state index contributed by atoms with van der Waals surface area (Å²) in [5, 5.41) is 28.9. The second-order valence-corrected chi connectivity index (χ2v) is 4.17. The van der Waals surface area contributed by atoms with Crippen molar-refractivity contribution in [1.82, 2.24) is 4.90 Å². The summed E-state index contributed by atoms with van der Waals surface area (Å²) in [6.45, 7) is 0.620. The highest BCUT2D eigenvalue weighted by Gasteiger charge is 2.19. The number of benzene rings is 1.